The molecule has 2 amide bonds. The number of benzene rings is 2. The van der Waals surface area contributed by atoms with E-state index in [9.17, 15) is 22.8 Å². The summed E-state index contributed by atoms with van der Waals surface area (Å²) in [7, 11) is 1.42. The monoisotopic (exact) mass is 537 g/mol. The first-order valence-corrected chi connectivity index (χ1v) is 12.4. The topological polar surface area (TPSA) is 107 Å². The third-order valence-corrected chi connectivity index (χ3v) is 6.72. The summed E-state index contributed by atoms with van der Waals surface area (Å²) in [4.78, 5) is 26.0. The number of aromatic nitrogens is 5. The number of nitrogens with one attached hydrogen (secondary N) is 2. The molecule has 202 valence electrons. The maximum Gasteiger partial charge on any atom is 0.435 e. The largest absolute Gasteiger partial charge is 0.435 e. The summed E-state index contributed by atoms with van der Waals surface area (Å²) in [6.45, 7) is 0. The van der Waals surface area contributed by atoms with Crippen molar-refractivity contribution in [3.05, 3.63) is 89.7 Å². The van der Waals surface area contributed by atoms with Gasteiger partial charge in [-0.3, -0.25) is 14.3 Å². The fraction of sp³-hybridized carbons (Fsp3) is 0.296. The molecule has 1 unspecified atom stereocenters. The molecule has 5 rings (SSSR count). The van der Waals surface area contributed by atoms with Gasteiger partial charge in [-0.1, -0.05) is 53.7 Å². The van der Waals surface area contributed by atoms with Crippen LogP contribution in [0.2, 0.25) is 0 Å². The molecule has 0 bridgehead atoms. The van der Waals surface area contributed by atoms with Crippen LogP contribution in [-0.2, 0) is 24.4 Å². The number of rotatable bonds is 8. The van der Waals surface area contributed by atoms with Gasteiger partial charge in [-0.25, -0.2) is 4.68 Å². The molecule has 1 aliphatic rings. The first-order valence-electron chi connectivity index (χ1n) is 12.4. The lowest BCUT2D eigenvalue weighted by Gasteiger charge is -2.36. The van der Waals surface area contributed by atoms with Crippen LogP contribution in [0.4, 0.5) is 13.2 Å². The molecular weight excluding hydrogens is 511 g/mol. The number of hydrogen-bond acceptors (Lipinski definition) is 5. The highest BCUT2D eigenvalue weighted by Gasteiger charge is 2.36. The lowest BCUT2D eigenvalue weighted by molar-refractivity contribution is -0.141. The predicted octanol–water partition coefficient (Wildman–Crippen LogP) is 3.56. The van der Waals surface area contributed by atoms with Crippen molar-refractivity contribution in [2.24, 2.45) is 7.05 Å². The second kappa shape index (κ2) is 10.7. The number of nitrogens with zero attached hydrogens (tertiary/aromatic N) is 5. The van der Waals surface area contributed by atoms with E-state index >= 15 is 0 Å². The van der Waals surface area contributed by atoms with Crippen molar-refractivity contribution in [2.75, 3.05) is 0 Å². The second-order valence-corrected chi connectivity index (χ2v) is 9.53. The van der Waals surface area contributed by atoms with Gasteiger partial charge in [0.05, 0.1) is 17.9 Å². The first-order chi connectivity index (χ1) is 18.7. The zero-order valence-electron chi connectivity index (χ0n) is 21.0. The standard InChI is InChI=1S/C27H26F3N7O2/c1-36-23(15-24(34-36)27(28,29)30)22-16-37(35-33-22)20-13-19(14-20)31-26(39)21(12-17-8-4-2-5-9-17)32-25(38)18-10-6-3-7-11-18/h2-11,15-16,19-21H,12-14H2,1H3,(H,31,39)(H,32,38). The molecule has 39 heavy (non-hydrogen) atoms. The van der Waals surface area contributed by atoms with Crippen molar-refractivity contribution in [3.63, 3.8) is 0 Å². The SMILES string of the molecule is Cn1nc(C(F)(F)F)cc1-c1cn(C2CC(NC(=O)C(Cc3ccccc3)NC(=O)c3ccccc3)C2)nn1. The van der Waals surface area contributed by atoms with Gasteiger partial charge in [0, 0.05) is 25.1 Å². The van der Waals surface area contributed by atoms with E-state index < -0.39 is 17.9 Å². The van der Waals surface area contributed by atoms with Crippen LogP contribution >= 0.6 is 0 Å². The average Bonchev–Trinajstić information content (AvgIpc) is 3.53. The highest BCUT2D eigenvalue weighted by molar-refractivity contribution is 5.97. The molecule has 0 saturated heterocycles. The molecule has 2 N–H and O–H groups in total. The predicted molar refractivity (Wildman–Crippen MR) is 135 cm³/mol. The molecule has 2 aromatic carbocycles. The van der Waals surface area contributed by atoms with Crippen LogP contribution in [0.15, 0.2) is 72.9 Å². The molecule has 2 aromatic heterocycles. The van der Waals surface area contributed by atoms with Gasteiger partial charge in [-0.15, -0.1) is 5.10 Å². The molecule has 9 nitrogen and oxygen atoms in total. The molecular formula is C27H26F3N7O2. The number of carbonyl (C=O) groups excluding carboxylic acids is 2. The summed E-state index contributed by atoms with van der Waals surface area (Å²) in [6.07, 6.45) is -1.50. The van der Waals surface area contributed by atoms with E-state index in [1.54, 1.807) is 35.1 Å². The number of carbonyl (C=O) groups is 2. The van der Waals surface area contributed by atoms with Gasteiger partial charge in [0.15, 0.2) is 5.69 Å². The molecule has 1 fully saturated rings. The van der Waals surface area contributed by atoms with Crippen molar-refractivity contribution >= 4 is 11.8 Å². The van der Waals surface area contributed by atoms with E-state index in [2.05, 4.69) is 26.0 Å². The van der Waals surface area contributed by atoms with E-state index in [1.165, 1.54) is 7.05 Å². The van der Waals surface area contributed by atoms with E-state index in [0.717, 1.165) is 16.3 Å². The fourth-order valence-corrected chi connectivity index (χ4v) is 4.53. The van der Waals surface area contributed by atoms with Gasteiger partial charge in [0.1, 0.15) is 11.7 Å². The van der Waals surface area contributed by atoms with Crippen LogP contribution in [0.5, 0.6) is 0 Å². The average molecular weight is 538 g/mol. The molecule has 0 spiro atoms. The zero-order chi connectivity index (χ0) is 27.6. The first kappa shape index (κ1) is 26.1. The zero-order valence-corrected chi connectivity index (χ0v) is 21.0. The van der Waals surface area contributed by atoms with Crippen LogP contribution in [0.25, 0.3) is 11.4 Å². The number of halogens is 3. The summed E-state index contributed by atoms with van der Waals surface area (Å²) < 4.78 is 41.7. The maximum atomic E-state index is 13.2. The van der Waals surface area contributed by atoms with Gasteiger partial charge < -0.3 is 10.6 Å². The van der Waals surface area contributed by atoms with Crippen LogP contribution in [0, 0.1) is 0 Å². The minimum atomic E-state index is -4.55. The molecule has 0 radical (unpaired) electrons. The van der Waals surface area contributed by atoms with Gasteiger partial charge in [-0.05, 0) is 36.6 Å². The highest BCUT2D eigenvalue weighted by Crippen LogP contribution is 2.34. The van der Waals surface area contributed by atoms with Gasteiger partial charge >= 0.3 is 6.18 Å². The highest BCUT2D eigenvalue weighted by atomic mass is 19.4. The van der Waals surface area contributed by atoms with Gasteiger partial charge in [-0.2, -0.15) is 18.3 Å². The summed E-state index contributed by atoms with van der Waals surface area (Å²) in [5, 5.41) is 17.5. The van der Waals surface area contributed by atoms with Crippen LogP contribution < -0.4 is 10.6 Å². The van der Waals surface area contributed by atoms with Crippen molar-refractivity contribution in [3.8, 4) is 11.4 Å². The summed E-state index contributed by atoms with van der Waals surface area (Å²) in [5.74, 6) is -0.627. The van der Waals surface area contributed by atoms with Crippen molar-refractivity contribution in [1.29, 1.82) is 0 Å². The molecule has 4 aromatic rings. The van der Waals surface area contributed by atoms with E-state index in [1.807, 2.05) is 36.4 Å². The smallest absolute Gasteiger partial charge is 0.351 e. The Bertz CT molecular complexity index is 1450. The van der Waals surface area contributed by atoms with Crippen molar-refractivity contribution < 1.29 is 22.8 Å². The van der Waals surface area contributed by atoms with Gasteiger partial charge in [0.25, 0.3) is 5.91 Å². The molecule has 1 atom stereocenters. The number of aryl methyl sites for hydroxylation is 1. The Morgan fingerprint density at radius 2 is 1.72 bits per heavy atom. The minimum Gasteiger partial charge on any atom is -0.351 e. The van der Waals surface area contributed by atoms with Crippen molar-refractivity contribution in [1.82, 2.24) is 35.4 Å². The van der Waals surface area contributed by atoms with Crippen LogP contribution in [0.1, 0.15) is 40.5 Å². The van der Waals surface area contributed by atoms with E-state index in [4.69, 9.17) is 0 Å². The Morgan fingerprint density at radius 1 is 1.05 bits per heavy atom. The molecule has 0 aliphatic heterocycles. The number of hydrogen-bond donors (Lipinski definition) is 2. The number of alkyl halides is 3. The Balaban J connectivity index is 1.21. The molecule has 2 heterocycles. The second-order valence-electron chi connectivity index (χ2n) is 9.53. The third kappa shape index (κ3) is 6.00. The maximum absolute atomic E-state index is 13.2. The Kier molecular flexibility index (Phi) is 7.18. The lowest BCUT2D eigenvalue weighted by atomic mass is 9.86. The molecule has 12 heteroatoms. The van der Waals surface area contributed by atoms with Crippen molar-refractivity contribution in [2.45, 2.75) is 43.6 Å². The van der Waals surface area contributed by atoms with Gasteiger partial charge in [0.2, 0.25) is 5.91 Å². The third-order valence-electron chi connectivity index (χ3n) is 6.72. The lowest BCUT2D eigenvalue weighted by Crippen LogP contribution is -2.53. The summed E-state index contributed by atoms with van der Waals surface area (Å²) in [5.41, 5.74) is 0.863. The molecule has 1 saturated carbocycles. The summed E-state index contributed by atoms with van der Waals surface area (Å²) in [6, 6.07) is 18.1. The minimum absolute atomic E-state index is 0.0710. The fourth-order valence-electron chi connectivity index (χ4n) is 4.53. The Morgan fingerprint density at radius 3 is 2.36 bits per heavy atom. The van der Waals surface area contributed by atoms with Crippen LogP contribution in [-0.4, -0.2) is 48.7 Å². The Labute approximate surface area is 222 Å². The van der Waals surface area contributed by atoms with Crippen LogP contribution in [0.3, 0.4) is 0 Å². The molecule has 1 aliphatic carbocycles. The quantitative estimate of drug-likeness (QED) is 0.358. The Hall–Kier alpha value is -4.48. The number of amides is 2. The van der Waals surface area contributed by atoms with E-state index in [0.29, 0.717) is 24.8 Å². The van der Waals surface area contributed by atoms with E-state index in [-0.39, 0.29) is 35.3 Å². The normalized spacial score (nSPS) is 17.7. The summed E-state index contributed by atoms with van der Waals surface area (Å²) >= 11 is 0.